The molecule has 0 heterocycles. The number of sulfonamides is 1. The summed E-state index contributed by atoms with van der Waals surface area (Å²) < 4.78 is 26.9. The number of anilines is 1. The highest BCUT2D eigenvalue weighted by Gasteiger charge is 2.27. The van der Waals surface area contributed by atoms with Gasteiger partial charge in [-0.15, -0.1) is 0 Å². The van der Waals surface area contributed by atoms with Crippen molar-refractivity contribution in [3.05, 3.63) is 28.8 Å². The second-order valence-corrected chi connectivity index (χ2v) is 7.27. The van der Waals surface area contributed by atoms with Gasteiger partial charge in [0.2, 0.25) is 10.0 Å². The molecule has 1 aliphatic carbocycles. The van der Waals surface area contributed by atoms with Crippen LogP contribution in [0.3, 0.4) is 0 Å². The molecular formula is C13H16ClNO4S. The van der Waals surface area contributed by atoms with E-state index in [1.165, 1.54) is 18.2 Å². The van der Waals surface area contributed by atoms with Crippen LogP contribution in [0, 0.1) is 0 Å². The third kappa shape index (κ3) is 3.43. The first-order valence-corrected chi connectivity index (χ1v) is 8.37. The van der Waals surface area contributed by atoms with Gasteiger partial charge in [0.25, 0.3) is 0 Å². The van der Waals surface area contributed by atoms with Crippen LogP contribution in [-0.4, -0.2) is 24.7 Å². The number of hydrogen-bond acceptors (Lipinski definition) is 3. The van der Waals surface area contributed by atoms with Gasteiger partial charge in [0.1, 0.15) is 0 Å². The topological polar surface area (TPSA) is 83.5 Å². The summed E-state index contributed by atoms with van der Waals surface area (Å²) in [5.74, 6) is -1.19. The van der Waals surface area contributed by atoms with Crippen molar-refractivity contribution in [3.63, 3.8) is 0 Å². The summed E-state index contributed by atoms with van der Waals surface area (Å²) >= 11 is 5.75. The predicted octanol–water partition coefficient (Wildman–Crippen LogP) is 3.11. The van der Waals surface area contributed by atoms with Crippen LogP contribution < -0.4 is 4.72 Å². The molecule has 0 amide bonds. The molecule has 2 N–H and O–H groups in total. The molecule has 1 aliphatic rings. The fourth-order valence-electron chi connectivity index (χ4n) is 2.38. The highest BCUT2D eigenvalue weighted by molar-refractivity contribution is 7.93. The predicted molar refractivity (Wildman–Crippen MR) is 77.8 cm³/mol. The summed E-state index contributed by atoms with van der Waals surface area (Å²) in [4.78, 5) is 11.0. The van der Waals surface area contributed by atoms with Gasteiger partial charge in [0, 0.05) is 5.69 Å². The molecule has 110 valence electrons. The van der Waals surface area contributed by atoms with Crippen molar-refractivity contribution in [2.24, 2.45) is 0 Å². The highest BCUT2D eigenvalue weighted by atomic mass is 35.5. The Bertz CT molecular complexity index is 609. The van der Waals surface area contributed by atoms with Gasteiger partial charge in [-0.25, -0.2) is 13.2 Å². The second-order valence-electron chi connectivity index (χ2n) is 4.91. The minimum atomic E-state index is -3.48. The van der Waals surface area contributed by atoms with Gasteiger partial charge >= 0.3 is 5.97 Å². The first kappa shape index (κ1) is 15.1. The number of carbonyl (C=O) groups is 1. The Morgan fingerprint density at radius 2 is 1.90 bits per heavy atom. The minimum Gasteiger partial charge on any atom is -0.478 e. The van der Waals surface area contributed by atoms with Gasteiger partial charge in [-0.1, -0.05) is 30.9 Å². The Morgan fingerprint density at radius 1 is 1.25 bits per heavy atom. The van der Waals surface area contributed by atoms with Crippen LogP contribution in [0.5, 0.6) is 0 Å². The number of hydrogen-bond donors (Lipinski definition) is 2. The standard InChI is InChI=1S/C13H16ClNO4S/c14-12-7-6-9(8-11(12)13(16)17)15-20(18,19)10-4-2-1-3-5-10/h6-8,10,15H,1-5H2,(H,16,17). The highest BCUT2D eigenvalue weighted by Crippen LogP contribution is 2.27. The van der Waals surface area contributed by atoms with E-state index in [0.29, 0.717) is 12.8 Å². The maximum absolute atomic E-state index is 12.2. The van der Waals surface area contributed by atoms with E-state index in [2.05, 4.69) is 4.72 Å². The molecule has 0 unspecified atom stereocenters. The van der Waals surface area contributed by atoms with Crippen LogP contribution in [0.2, 0.25) is 5.02 Å². The first-order chi connectivity index (χ1) is 9.40. The molecule has 0 saturated heterocycles. The van der Waals surface area contributed by atoms with Crippen LogP contribution in [0.15, 0.2) is 18.2 Å². The number of rotatable bonds is 4. The zero-order valence-electron chi connectivity index (χ0n) is 10.8. The number of carboxylic acid groups (broad SMARTS) is 1. The van der Waals surface area contributed by atoms with Crippen molar-refractivity contribution in [2.45, 2.75) is 37.4 Å². The van der Waals surface area contributed by atoms with E-state index in [4.69, 9.17) is 16.7 Å². The van der Waals surface area contributed by atoms with Gasteiger partial charge in [0.05, 0.1) is 15.8 Å². The molecule has 0 bridgehead atoms. The number of nitrogens with one attached hydrogen (secondary N) is 1. The lowest BCUT2D eigenvalue weighted by Crippen LogP contribution is -2.29. The van der Waals surface area contributed by atoms with Crippen LogP contribution in [0.4, 0.5) is 5.69 Å². The van der Waals surface area contributed by atoms with Crippen molar-refractivity contribution in [1.29, 1.82) is 0 Å². The second kappa shape index (κ2) is 6.01. The molecule has 0 aliphatic heterocycles. The van der Waals surface area contributed by atoms with Crippen molar-refractivity contribution in [1.82, 2.24) is 0 Å². The van der Waals surface area contributed by atoms with E-state index in [1.807, 2.05) is 0 Å². The van der Waals surface area contributed by atoms with Crippen LogP contribution in [0.1, 0.15) is 42.5 Å². The summed E-state index contributed by atoms with van der Waals surface area (Å²) in [6.07, 6.45) is 4.18. The van der Waals surface area contributed by atoms with Gasteiger partial charge in [-0.05, 0) is 31.0 Å². The Labute approximate surface area is 123 Å². The molecule has 0 atom stereocenters. The van der Waals surface area contributed by atoms with Gasteiger partial charge in [-0.3, -0.25) is 4.72 Å². The quantitative estimate of drug-likeness (QED) is 0.893. The largest absolute Gasteiger partial charge is 0.478 e. The Balaban J connectivity index is 2.20. The van der Waals surface area contributed by atoms with Crippen molar-refractivity contribution in [2.75, 3.05) is 4.72 Å². The molecule has 20 heavy (non-hydrogen) atoms. The summed E-state index contributed by atoms with van der Waals surface area (Å²) in [5.41, 5.74) is 0.118. The molecule has 0 radical (unpaired) electrons. The lowest BCUT2D eigenvalue weighted by atomic mass is 10.0. The van der Waals surface area contributed by atoms with Crippen LogP contribution >= 0.6 is 11.6 Å². The van der Waals surface area contributed by atoms with Crippen LogP contribution in [0.25, 0.3) is 0 Å². The average molecular weight is 318 g/mol. The van der Waals surface area contributed by atoms with E-state index >= 15 is 0 Å². The Morgan fingerprint density at radius 3 is 2.50 bits per heavy atom. The monoisotopic (exact) mass is 317 g/mol. The Hall–Kier alpha value is -1.27. The maximum Gasteiger partial charge on any atom is 0.337 e. The molecule has 5 nitrogen and oxygen atoms in total. The zero-order valence-corrected chi connectivity index (χ0v) is 12.4. The number of aromatic carboxylic acids is 1. The summed E-state index contributed by atoms with van der Waals surface area (Å²) in [6, 6.07) is 4.09. The number of halogens is 1. The summed E-state index contributed by atoms with van der Waals surface area (Å²) in [7, 11) is -3.48. The molecule has 0 spiro atoms. The fourth-order valence-corrected chi connectivity index (χ4v) is 4.15. The van der Waals surface area contributed by atoms with E-state index in [9.17, 15) is 13.2 Å². The maximum atomic E-state index is 12.2. The molecular weight excluding hydrogens is 302 g/mol. The molecule has 1 fully saturated rings. The molecule has 1 aromatic rings. The van der Waals surface area contributed by atoms with Crippen molar-refractivity contribution >= 4 is 33.3 Å². The van der Waals surface area contributed by atoms with E-state index < -0.39 is 21.2 Å². The van der Waals surface area contributed by atoms with Gasteiger partial charge < -0.3 is 5.11 Å². The van der Waals surface area contributed by atoms with E-state index in [0.717, 1.165) is 19.3 Å². The van der Waals surface area contributed by atoms with Gasteiger partial charge in [0.15, 0.2) is 0 Å². The zero-order chi connectivity index (χ0) is 14.8. The van der Waals surface area contributed by atoms with E-state index in [1.54, 1.807) is 0 Å². The Kier molecular flexibility index (Phi) is 4.55. The van der Waals surface area contributed by atoms with Crippen molar-refractivity contribution < 1.29 is 18.3 Å². The first-order valence-electron chi connectivity index (χ1n) is 6.44. The minimum absolute atomic E-state index is 0.0816. The normalized spacial score (nSPS) is 16.9. The molecule has 0 aromatic heterocycles. The molecule has 1 aromatic carbocycles. The lowest BCUT2D eigenvalue weighted by Gasteiger charge is -2.22. The van der Waals surface area contributed by atoms with E-state index in [-0.39, 0.29) is 16.3 Å². The smallest absolute Gasteiger partial charge is 0.337 e. The lowest BCUT2D eigenvalue weighted by molar-refractivity contribution is 0.0697. The van der Waals surface area contributed by atoms with Crippen molar-refractivity contribution in [3.8, 4) is 0 Å². The van der Waals surface area contributed by atoms with Gasteiger partial charge in [-0.2, -0.15) is 0 Å². The van der Waals surface area contributed by atoms with Crippen LogP contribution in [-0.2, 0) is 10.0 Å². The average Bonchev–Trinajstić information content (AvgIpc) is 2.41. The third-order valence-electron chi connectivity index (χ3n) is 3.45. The third-order valence-corrected chi connectivity index (χ3v) is 5.65. The fraction of sp³-hybridized carbons (Fsp3) is 0.462. The summed E-state index contributed by atoms with van der Waals surface area (Å²) in [6.45, 7) is 0. The molecule has 2 rings (SSSR count). The molecule has 1 saturated carbocycles. The SMILES string of the molecule is O=C(O)c1cc(NS(=O)(=O)C2CCCCC2)ccc1Cl. The summed E-state index contributed by atoms with van der Waals surface area (Å²) in [5, 5.41) is 8.65. The number of carboxylic acids is 1. The molecule has 7 heteroatoms. The number of benzene rings is 1.